The first-order chi connectivity index (χ1) is 11.9. The van der Waals surface area contributed by atoms with Crippen molar-refractivity contribution in [2.45, 2.75) is 123 Å². The Bertz CT molecular complexity index is 381. The molecule has 2 unspecified atom stereocenters. The average molecular weight is 379 g/mol. The van der Waals surface area contributed by atoms with Gasteiger partial charge in [0.2, 0.25) is 0 Å². The zero-order valence-corrected chi connectivity index (χ0v) is 17.7. The molecule has 1 N–H and O–H groups in total. The molecule has 2 atom stereocenters. The molecule has 4 nitrogen and oxygen atoms in total. The molecule has 0 aliphatic carbocycles. The van der Waals surface area contributed by atoms with Crippen molar-refractivity contribution >= 4 is 10.1 Å². The van der Waals surface area contributed by atoms with Crippen LogP contribution in [0.4, 0.5) is 0 Å². The van der Waals surface area contributed by atoms with Gasteiger partial charge in [-0.3, -0.25) is 4.55 Å². The highest BCUT2D eigenvalue weighted by atomic mass is 32.2. The van der Waals surface area contributed by atoms with Crippen molar-refractivity contribution in [2.24, 2.45) is 0 Å². The summed E-state index contributed by atoms with van der Waals surface area (Å²) >= 11 is 0. The lowest BCUT2D eigenvalue weighted by Gasteiger charge is -2.24. The number of ether oxygens (including phenoxy) is 1. The van der Waals surface area contributed by atoms with Crippen LogP contribution in [0.25, 0.3) is 0 Å². The minimum Gasteiger partial charge on any atom is -0.375 e. The third kappa shape index (κ3) is 17.1. The van der Waals surface area contributed by atoms with Gasteiger partial charge in [-0.2, -0.15) is 8.42 Å². The molecule has 0 saturated heterocycles. The molecule has 0 aromatic rings. The van der Waals surface area contributed by atoms with Gasteiger partial charge in [-0.1, -0.05) is 85.0 Å². The molecular weight excluding hydrogens is 336 g/mol. The van der Waals surface area contributed by atoms with Crippen molar-refractivity contribution in [3.05, 3.63) is 0 Å². The summed E-state index contributed by atoms with van der Waals surface area (Å²) in [4.78, 5) is 0. The smallest absolute Gasteiger partial charge is 0.264 e. The van der Waals surface area contributed by atoms with Gasteiger partial charge in [0.1, 0.15) is 0 Å². The molecule has 25 heavy (non-hydrogen) atoms. The Labute approximate surface area is 156 Å². The first kappa shape index (κ1) is 24.9. The standard InChI is InChI=1S/C20H42O4S/c1-4-7-9-10-11-12-14-16-20(17-18-25(21,22)23)24-19(6-3)15-13-8-5-2/h19-20H,4-18H2,1-3H3,(H,21,22,23). The van der Waals surface area contributed by atoms with Gasteiger partial charge in [0.05, 0.1) is 18.0 Å². The zero-order valence-electron chi connectivity index (χ0n) is 16.8. The van der Waals surface area contributed by atoms with E-state index in [0.717, 1.165) is 32.1 Å². The van der Waals surface area contributed by atoms with Gasteiger partial charge < -0.3 is 4.74 Å². The van der Waals surface area contributed by atoms with E-state index in [1.54, 1.807) is 0 Å². The zero-order chi connectivity index (χ0) is 19.0. The van der Waals surface area contributed by atoms with E-state index in [1.165, 1.54) is 51.4 Å². The van der Waals surface area contributed by atoms with Crippen LogP contribution in [0.5, 0.6) is 0 Å². The van der Waals surface area contributed by atoms with Crippen molar-refractivity contribution in [1.29, 1.82) is 0 Å². The molecule has 0 heterocycles. The van der Waals surface area contributed by atoms with E-state index in [9.17, 15) is 8.42 Å². The summed E-state index contributed by atoms with van der Waals surface area (Å²) in [5.74, 6) is -0.195. The molecule has 5 heteroatoms. The van der Waals surface area contributed by atoms with Gasteiger partial charge >= 0.3 is 0 Å². The molecule has 0 aliphatic heterocycles. The van der Waals surface area contributed by atoms with Gasteiger partial charge in [-0.15, -0.1) is 0 Å². The van der Waals surface area contributed by atoms with E-state index in [-0.39, 0.29) is 18.0 Å². The predicted octanol–water partition coefficient (Wildman–Crippen LogP) is 6.15. The molecule has 152 valence electrons. The maximum Gasteiger partial charge on any atom is 0.264 e. The largest absolute Gasteiger partial charge is 0.375 e. The summed E-state index contributed by atoms with van der Waals surface area (Å²) in [5.41, 5.74) is 0. The summed E-state index contributed by atoms with van der Waals surface area (Å²) in [6.45, 7) is 6.54. The van der Waals surface area contributed by atoms with Crippen LogP contribution in [0.15, 0.2) is 0 Å². The molecule has 0 radical (unpaired) electrons. The first-order valence-corrected chi connectivity index (χ1v) is 12.1. The molecule has 0 bridgehead atoms. The Balaban J connectivity index is 4.24. The molecule has 0 saturated carbocycles. The van der Waals surface area contributed by atoms with Crippen molar-refractivity contribution in [1.82, 2.24) is 0 Å². The molecule has 0 amide bonds. The predicted molar refractivity (Wildman–Crippen MR) is 107 cm³/mol. The SMILES string of the molecule is CCCCCCCCCC(CCS(=O)(=O)O)OC(CC)CCCCC. The van der Waals surface area contributed by atoms with Crippen LogP contribution in [-0.2, 0) is 14.9 Å². The molecule has 0 aromatic carbocycles. The Kier molecular flexibility index (Phi) is 16.0. The second-order valence-electron chi connectivity index (χ2n) is 7.27. The normalized spacial score (nSPS) is 14.6. The fourth-order valence-electron chi connectivity index (χ4n) is 3.15. The van der Waals surface area contributed by atoms with Gasteiger partial charge in [0, 0.05) is 0 Å². The van der Waals surface area contributed by atoms with E-state index < -0.39 is 10.1 Å². The van der Waals surface area contributed by atoms with Crippen LogP contribution in [0.3, 0.4) is 0 Å². The fraction of sp³-hybridized carbons (Fsp3) is 1.00. The number of rotatable bonds is 18. The van der Waals surface area contributed by atoms with Crippen LogP contribution in [0.1, 0.15) is 111 Å². The summed E-state index contributed by atoms with van der Waals surface area (Å²) < 4.78 is 37.4. The highest BCUT2D eigenvalue weighted by molar-refractivity contribution is 7.85. The lowest BCUT2D eigenvalue weighted by molar-refractivity contribution is -0.0254. The number of hydrogen-bond donors (Lipinski definition) is 1. The topological polar surface area (TPSA) is 63.6 Å². The van der Waals surface area contributed by atoms with Crippen molar-refractivity contribution in [3.8, 4) is 0 Å². The second-order valence-corrected chi connectivity index (χ2v) is 8.84. The molecule has 0 fully saturated rings. The molecule has 0 aromatic heterocycles. The quantitative estimate of drug-likeness (QED) is 0.229. The Morgan fingerprint density at radius 1 is 0.720 bits per heavy atom. The van der Waals surface area contributed by atoms with Gasteiger partial charge in [0.25, 0.3) is 10.1 Å². The molecular formula is C20H42O4S. The maximum atomic E-state index is 11.1. The highest BCUT2D eigenvalue weighted by Gasteiger charge is 2.18. The third-order valence-electron chi connectivity index (χ3n) is 4.80. The lowest BCUT2D eigenvalue weighted by Crippen LogP contribution is -2.24. The van der Waals surface area contributed by atoms with E-state index in [1.807, 2.05) is 0 Å². The number of unbranched alkanes of at least 4 members (excludes halogenated alkanes) is 8. The minimum absolute atomic E-state index is 0.0517. The van der Waals surface area contributed by atoms with Crippen molar-refractivity contribution < 1.29 is 17.7 Å². The van der Waals surface area contributed by atoms with Crippen LogP contribution in [-0.4, -0.2) is 30.9 Å². The van der Waals surface area contributed by atoms with Gasteiger partial charge in [0.15, 0.2) is 0 Å². The van der Waals surface area contributed by atoms with E-state index in [4.69, 9.17) is 9.29 Å². The highest BCUT2D eigenvalue weighted by Crippen LogP contribution is 2.19. The van der Waals surface area contributed by atoms with Crippen LogP contribution >= 0.6 is 0 Å². The lowest BCUT2D eigenvalue weighted by atomic mass is 10.0. The molecule has 0 aliphatic rings. The molecule has 0 rings (SSSR count). The Hall–Kier alpha value is -0.130. The average Bonchev–Trinajstić information content (AvgIpc) is 2.56. The van der Waals surface area contributed by atoms with E-state index in [2.05, 4.69) is 20.8 Å². The number of hydrogen-bond acceptors (Lipinski definition) is 3. The summed E-state index contributed by atoms with van der Waals surface area (Å²) in [7, 11) is -3.91. The third-order valence-corrected chi connectivity index (χ3v) is 5.55. The van der Waals surface area contributed by atoms with E-state index >= 15 is 0 Å². The first-order valence-electron chi connectivity index (χ1n) is 10.5. The van der Waals surface area contributed by atoms with Crippen LogP contribution in [0.2, 0.25) is 0 Å². The monoisotopic (exact) mass is 378 g/mol. The fourth-order valence-corrected chi connectivity index (χ4v) is 3.71. The van der Waals surface area contributed by atoms with E-state index in [0.29, 0.717) is 6.42 Å². The maximum absolute atomic E-state index is 11.1. The van der Waals surface area contributed by atoms with Crippen LogP contribution in [0, 0.1) is 0 Å². The summed E-state index contributed by atoms with van der Waals surface area (Å²) in [6.07, 6.45) is 15.7. The Morgan fingerprint density at radius 3 is 1.76 bits per heavy atom. The van der Waals surface area contributed by atoms with Gasteiger partial charge in [-0.05, 0) is 25.7 Å². The summed E-state index contributed by atoms with van der Waals surface area (Å²) in [6, 6.07) is 0. The minimum atomic E-state index is -3.91. The van der Waals surface area contributed by atoms with Crippen molar-refractivity contribution in [3.63, 3.8) is 0 Å². The van der Waals surface area contributed by atoms with Crippen molar-refractivity contribution in [2.75, 3.05) is 5.75 Å². The van der Waals surface area contributed by atoms with Crippen LogP contribution < -0.4 is 0 Å². The summed E-state index contributed by atoms with van der Waals surface area (Å²) in [5, 5.41) is 0. The second kappa shape index (κ2) is 16.1. The van der Waals surface area contributed by atoms with Gasteiger partial charge in [-0.25, -0.2) is 0 Å². The Morgan fingerprint density at radius 2 is 1.20 bits per heavy atom. The molecule has 0 spiro atoms.